The van der Waals surface area contributed by atoms with Crippen molar-refractivity contribution in [2.75, 3.05) is 6.16 Å². The highest BCUT2D eigenvalue weighted by Crippen LogP contribution is 2.64. The number of rotatable bonds is 6. The van der Waals surface area contributed by atoms with Crippen molar-refractivity contribution in [1.82, 2.24) is 19.9 Å². The summed E-state index contributed by atoms with van der Waals surface area (Å²) in [6.45, 7) is 6.97. The van der Waals surface area contributed by atoms with E-state index in [2.05, 4.69) is 48.2 Å². The van der Waals surface area contributed by atoms with Gasteiger partial charge in [-0.2, -0.15) is 0 Å². The summed E-state index contributed by atoms with van der Waals surface area (Å²) in [5.41, 5.74) is 6.66. The fraction of sp³-hybridized carbons (Fsp3) is 0.533. The fourth-order valence-corrected chi connectivity index (χ4v) is 10.6. The van der Waals surface area contributed by atoms with E-state index in [9.17, 15) is 0 Å². The molecule has 4 aliphatic rings. The molecule has 0 N–H and O–H groups in total. The van der Waals surface area contributed by atoms with Crippen LogP contribution >= 0.6 is 17.2 Å². The number of aromatic nitrogens is 4. The zero-order chi connectivity index (χ0) is 24.9. The molecule has 0 aliphatic heterocycles. The van der Waals surface area contributed by atoms with Crippen molar-refractivity contribution in [3.05, 3.63) is 71.8 Å². The van der Waals surface area contributed by atoms with Gasteiger partial charge in [-0.15, -0.1) is 9.24 Å². The summed E-state index contributed by atoms with van der Waals surface area (Å²) >= 11 is 0. The lowest BCUT2D eigenvalue weighted by Gasteiger charge is -2.62. The van der Waals surface area contributed by atoms with Crippen LogP contribution in [-0.2, 0) is 17.0 Å². The Morgan fingerprint density at radius 2 is 1.47 bits per heavy atom. The van der Waals surface area contributed by atoms with Gasteiger partial charge >= 0.3 is 0 Å². The smallest absolute Gasteiger partial charge is 0.158 e. The van der Waals surface area contributed by atoms with Crippen LogP contribution in [0.15, 0.2) is 55.1 Å². The van der Waals surface area contributed by atoms with E-state index in [1.807, 2.05) is 36.9 Å². The van der Waals surface area contributed by atoms with Gasteiger partial charge in [-0.1, -0.05) is 39.0 Å². The van der Waals surface area contributed by atoms with Crippen molar-refractivity contribution in [2.45, 2.75) is 69.9 Å². The first-order valence-corrected chi connectivity index (χ1v) is 15.9. The van der Waals surface area contributed by atoms with Gasteiger partial charge in [-0.05, 0) is 102 Å². The lowest BCUT2D eigenvalue weighted by molar-refractivity contribution is -0.0520. The lowest BCUT2D eigenvalue weighted by Crippen LogP contribution is -2.56. The molecule has 0 spiro atoms. The highest BCUT2D eigenvalue weighted by atomic mass is 31.1. The van der Waals surface area contributed by atoms with E-state index in [4.69, 9.17) is 19.9 Å². The van der Waals surface area contributed by atoms with E-state index in [0.717, 1.165) is 41.0 Å². The zero-order valence-electron chi connectivity index (χ0n) is 21.8. The number of benzene rings is 1. The Bertz CT molecular complexity index is 1160. The lowest BCUT2D eigenvalue weighted by atomic mass is 9.43. The SMILES string of the molecule is CC(C)(C)c1ccc(C23CC4CC(CC(C4)C2CP)C3)c(CP(c2ncccn2)c2ncccn2)c1. The number of hydrogen-bond donors (Lipinski definition) is 0. The van der Waals surface area contributed by atoms with Gasteiger partial charge in [0.15, 0.2) is 11.1 Å². The van der Waals surface area contributed by atoms with Crippen LogP contribution in [0.3, 0.4) is 0 Å². The van der Waals surface area contributed by atoms with Gasteiger partial charge in [0, 0.05) is 38.9 Å². The molecule has 4 aliphatic carbocycles. The van der Waals surface area contributed by atoms with Crippen molar-refractivity contribution in [2.24, 2.45) is 23.7 Å². The molecule has 4 bridgehead atoms. The average molecular weight is 517 g/mol. The molecule has 4 nitrogen and oxygen atoms in total. The van der Waals surface area contributed by atoms with E-state index >= 15 is 0 Å². The topological polar surface area (TPSA) is 51.6 Å². The summed E-state index contributed by atoms with van der Waals surface area (Å²) in [5, 5.41) is 0. The average Bonchev–Trinajstić information content (AvgIpc) is 2.87. The molecule has 1 aromatic carbocycles. The van der Waals surface area contributed by atoms with Crippen LogP contribution in [0.5, 0.6) is 0 Å². The van der Waals surface area contributed by atoms with Crippen LogP contribution < -0.4 is 11.1 Å². The van der Waals surface area contributed by atoms with Gasteiger partial charge < -0.3 is 0 Å². The van der Waals surface area contributed by atoms with Crippen molar-refractivity contribution in [3.8, 4) is 0 Å². The second-order valence-electron chi connectivity index (χ2n) is 12.4. The third-order valence-corrected chi connectivity index (χ3v) is 11.8. The van der Waals surface area contributed by atoms with Gasteiger partial charge in [0.2, 0.25) is 0 Å². The minimum atomic E-state index is -0.901. The largest absolute Gasteiger partial charge is 0.237 e. The zero-order valence-corrected chi connectivity index (χ0v) is 23.8. The first-order chi connectivity index (χ1) is 17.4. The molecule has 4 fully saturated rings. The highest BCUT2D eigenvalue weighted by Gasteiger charge is 2.57. The third kappa shape index (κ3) is 4.33. The van der Waals surface area contributed by atoms with Gasteiger partial charge in [0.1, 0.15) is 0 Å². The maximum absolute atomic E-state index is 4.71. The number of nitrogens with zero attached hydrogens (tertiary/aromatic N) is 4. The predicted molar refractivity (Wildman–Crippen MR) is 152 cm³/mol. The Morgan fingerprint density at radius 3 is 2.00 bits per heavy atom. The standard InChI is InChI=1S/C30H38N4P2/c1-29(2,3)24-6-7-25(30-16-20-12-21(17-30)14-22(13-20)26(30)18-35)23(15-24)19-36(27-31-8-4-9-32-27)28-33-10-5-11-34-28/h4-11,15,20-22,26H,12-14,16-19,35H2,1-3H3. The maximum atomic E-state index is 4.71. The molecule has 4 atom stereocenters. The van der Waals surface area contributed by atoms with E-state index in [1.54, 1.807) is 5.56 Å². The summed E-state index contributed by atoms with van der Waals surface area (Å²) in [6.07, 6.45) is 16.6. The highest BCUT2D eigenvalue weighted by molar-refractivity contribution is 7.71. The molecule has 4 saturated carbocycles. The van der Waals surface area contributed by atoms with Gasteiger partial charge in [0.25, 0.3) is 0 Å². The molecule has 4 unspecified atom stereocenters. The summed E-state index contributed by atoms with van der Waals surface area (Å²) in [7, 11) is 2.23. The van der Waals surface area contributed by atoms with Gasteiger partial charge in [0.05, 0.1) is 0 Å². The molecular weight excluding hydrogens is 478 g/mol. The van der Waals surface area contributed by atoms with Crippen LogP contribution in [0.2, 0.25) is 0 Å². The predicted octanol–water partition coefficient (Wildman–Crippen LogP) is 5.77. The van der Waals surface area contributed by atoms with Crippen molar-refractivity contribution in [1.29, 1.82) is 0 Å². The first kappa shape index (κ1) is 24.6. The fourth-order valence-electron chi connectivity index (χ4n) is 7.92. The summed E-state index contributed by atoms with van der Waals surface area (Å²) in [5.74, 6) is 3.46. The first-order valence-electron chi connectivity index (χ1n) is 13.5. The Kier molecular flexibility index (Phi) is 6.50. The third-order valence-electron chi connectivity index (χ3n) is 9.20. The van der Waals surface area contributed by atoms with Crippen LogP contribution in [-0.4, -0.2) is 26.1 Å². The summed E-state index contributed by atoms with van der Waals surface area (Å²) in [4.78, 5) is 18.8. The van der Waals surface area contributed by atoms with Crippen LogP contribution in [0.4, 0.5) is 0 Å². The van der Waals surface area contributed by atoms with Gasteiger partial charge in [-0.25, -0.2) is 19.9 Å². The Labute approximate surface area is 219 Å². The Morgan fingerprint density at radius 1 is 0.889 bits per heavy atom. The number of hydrogen-bond acceptors (Lipinski definition) is 4. The molecule has 2 heterocycles. The normalized spacial score (nSPS) is 29.1. The Hall–Kier alpha value is -1.76. The van der Waals surface area contributed by atoms with Crippen molar-refractivity contribution >= 4 is 28.3 Å². The molecule has 7 rings (SSSR count). The molecule has 2 aromatic heterocycles. The quantitative estimate of drug-likeness (QED) is 0.391. The molecule has 6 heteroatoms. The van der Waals surface area contributed by atoms with Crippen LogP contribution in [0.1, 0.15) is 69.6 Å². The monoisotopic (exact) mass is 516 g/mol. The second-order valence-corrected chi connectivity index (χ2v) is 14.9. The Balaban J connectivity index is 1.50. The van der Waals surface area contributed by atoms with Crippen molar-refractivity contribution in [3.63, 3.8) is 0 Å². The molecule has 0 saturated heterocycles. The van der Waals surface area contributed by atoms with Crippen LogP contribution in [0.25, 0.3) is 0 Å². The van der Waals surface area contributed by atoms with Gasteiger partial charge in [-0.3, -0.25) is 0 Å². The minimum Gasteiger partial charge on any atom is -0.237 e. The van der Waals surface area contributed by atoms with E-state index < -0.39 is 7.92 Å². The van der Waals surface area contributed by atoms with E-state index in [-0.39, 0.29) is 5.41 Å². The maximum Gasteiger partial charge on any atom is 0.158 e. The molecule has 188 valence electrons. The van der Waals surface area contributed by atoms with Crippen LogP contribution in [0, 0.1) is 23.7 Å². The summed E-state index contributed by atoms with van der Waals surface area (Å²) in [6, 6.07) is 11.3. The summed E-state index contributed by atoms with van der Waals surface area (Å²) < 4.78 is 0. The van der Waals surface area contributed by atoms with Crippen molar-refractivity contribution < 1.29 is 0 Å². The van der Waals surface area contributed by atoms with E-state index in [0.29, 0.717) is 5.41 Å². The molecule has 3 aromatic rings. The molecule has 0 amide bonds. The minimum absolute atomic E-state index is 0.101. The van der Waals surface area contributed by atoms with E-state index in [1.165, 1.54) is 49.4 Å². The molecular formula is C30H38N4P2. The molecule has 0 radical (unpaired) electrons. The second kappa shape index (κ2) is 9.52. The molecule has 36 heavy (non-hydrogen) atoms.